The number of aromatic nitrogens is 1. The SMILES string of the molecule is CC(C)(C)OC(=O)Nc1nc2c(s1)CC(=O)CC2. The van der Waals surface area contributed by atoms with Crippen LogP contribution in [0.15, 0.2) is 0 Å². The average Bonchev–Trinajstić information content (AvgIpc) is 2.55. The number of anilines is 1. The van der Waals surface area contributed by atoms with Crippen molar-refractivity contribution >= 4 is 28.3 Å². The number of ketones is 1. The number of hydrogen-bond donors (Lipinski definition) is 1. The summed E-state index contributed by atoms with van der Waals surface area (Å²) < 4.78 is 5.14. The quantitative estimate of drug-likeness (QED) is 0.850. The van der Waals surface area contributed by atoms with E-state index in [1.807, 2.05) is 0 Å². The maximum Gasteiger partial charge on any atom is 0.413 e. The van der Waals surface area contributed by atoms with Crippen LogP contribution in [0.4, 0.5) is 9.93 Å². The number of aryl methyl sites for hydroxylation is 1. The molecule has 1 amide bonds. The summed E-state index contributed by atoms with van der Waals surface area (Å²) in [6, 6.07) is 0. The number of fused-ring (bicyclic) bond motifs is 1. The van der Waals surface area contributed by atoms with Crippen LogP contribution in [-0.4, -0.2) is 22.5 Å². The van der Waals surface area contributed by atoms with E-state index in [1.165, 1.54) is 11.3 Å². The van der Waals surface area contributed by atoms with Crippen LogP contribution >= 0.6 is 11.3 Å². The third-order valence-corrected chi connectivity index (χ3v) is 3.40. The van der Waals surface area contributed by atoms with E-state index in [1.54, 1.807) is 20.8 Å². The molecule has 18 heavy (non-hydrogen) atoms. The minimum Gasteiger partial charge on any atom is -0.444 e. The summed E-state index contributed by atoms with van der Waals surface area (Å²) in [6.07, 6.45) is 1.13. The van der Waals surface area contributed by atoms with Crippen LogP contribution in [0.1, 0.15) is 37.8 Å². The number of carbonyl (C=O) groups excluding carboxylic acids is 2. The zero-order chi connectivity index (χ0) is 13.3. The van der Waals surface area contributed by atoms with Crippen LogP contribution in [0.25, 0.3) is 0 Å². The van der Waals surface area contributed by atoms with Crippen molar-refractivity contribution in [2.24, 2.45) is 0 Å². The van der Waals surface area contributed by atoms with Crippen molar-refractivity contribution in [1.29, 1.82) is 0 Å². The van der Waals surface area contributed by atoms with Crippen LogP contribution < -0.4 is 5.32 Å². The van der Waals surface area contributed by atoms with Gasteiger partial charge in [0.2, 0.25) is 0 Å². The molecule has 1 heterocycles. The predicted octanol–water partition coefficient (Wildman–Crippen LogP) is 2.55. The molecule has 0 unspecified atom stereocenters. The first-order valence-corrected chi connectivity index (χ1v) is 6.65. The number of Topliss-reactive ketones (excluding diaryl/α,β-unsaturated/α-hetero) is 1. The first-order chi connectivity index (χ1) is 8.33. The minimum atomic E-state index is -0.531. The van der Waals surface area contributed by atoms with Crippen molar-refractivity contribution in [3.63, 3.8) is 0 Å². The summed E-state index contributed by atoms with van der Waals surface area (Å²) in [7, 11) is 0. The van der Waals surface area contributed by atoms with Gasteiger partial charge >= 0.3 is 6.09 Å². The molecule has 2 rings (SSSR count). The molecule has 1 aromatic heterocycles. The number of thiazole rings is 1. The molecule has 0 saturated heterocycles. The molecule has 1 aromatic rings. The topological polar surface area (TPSA) is 68.3 Å². The molecule has 0 aliphatic heterocycles. The molecule has 0 spiro atoms. The summed E-state index contributed by atoms with van der Waals surface area (Å²) in [4.78, 5) is 28.1. The predicted molar refractivity (Wildman–Crippen MR) is 69.0 cm³/mol. The summed E-state index contributed by atoms with van der Waals surface area (Å²) in [5.41, 5.74) is 0.391. The van der Waals surface area contributed by atoms with Crippen LogP contribution in [-0.2, 0) is 22.4 Å². The van der Waals surface area contributed by atoms with Crippen molar-refractivity contribution in [3.8, 4) is 0 Å². The minimum absolute atomic E-state index is 0.231. The van der Waals surface area contributed by atoms with Gasteiger partial charge in [-0.25, -0.2) is 9.78 Å². The molecule has 1 aliphatic carbocycles. The molecular weight excluding hydrogens is 252 g/mol. The summed E-state index contributed by atoms with van der Waals surface area (Å²) in [5, 5.41) is 3.11. The standard InChI is InChI=1S/C12H16N2O3S/c1-12(2,3)17-11(16)14-10-13-8-5-4-7(15)6-9(8)18-10/h4-6H2,1-3H3,(H,13,14,16). The number of carbonyl (C=O) groups is 2. The number of amides is 1. The number of rotatable bonds is 1. The Labute approximate surface area is 110 Å². The van der Waals surface area contributed by atoms with Crippen LogP contribution in [0.2, 0.25) is 0 Å². The Morgan fingerprint density at radius 3 is 2.78 bits per heavy atom. The molecule has 0 bridgehead atoms. The van der Waals surface area contributed by atoms with E-state index in [2.05, 4.69) is 10.3 Å². The van der Waals surface area contributed by atoms with Gasteiger partial charge in [0.05, 0.1) is 5.69 Å². The van der Waals surface area contributed by atoms with Gasteiger partial charge in [-0.15, -0.1) is 11.3 Å². The molecule has 0 aromatic carbocycles. The second kappa shape index (κ2) is 4.68. The van der Waals surface area contributed by atoms with E-state index in [9.17, 15) is 9.59 Å². The first kappa shape index (κ1) is 13.0. The summed E-state index contributed by atoms with van der Waals surface area (Å²) >= 11 is 1.35. The Morgan fingerprint density at radius 1 is 1.39 bits per heavy atom. The molecule has 1 N–H and O–H groups in total. The lowest BCUT2D eigenvalue weighted by molar-refractivity contribution is -0.118. The lowest BCUT2D eigenvalue weighted by atomic mass is 10.0. The van der Waals surface area contributed by atoms with Gasteiger partial charge in [-0.2, -0.15) is 0 Å². The molecule has 0 fully saturated rings. The molecule has 0 radical (unpaired) electrons. The monoisotopic (exact) mass is 268 g/mol. The third kappa shape index (κ3) is 3.29. The van der Waals surface area contributed by atoms with Crippen molar-refractivity contribution in [2.45, 2.75) is 45.6 Å². The molecule has 5 nitrogen and oxygen atoms in total. The van der Waals surface area contributed by atoms with E-state index >= 15 is 0 Å². The van der Waals surface area contributed by atoms with E-state index in [-0.39, 0.29) is 5.78 Å². The Hall–Kier alpha value is -1.43. The van der Waals surface area contributed by atoms with E-state index in [4.69, 9.17) is 4.74 Å². The molecular formula is C12H16N2O3S. The molecule has 0 saturated carbocycles. The van der Waals surface area contributed by atoms with E-state index in [0.29, 0.717) is 24.4 Å². The highest BCUT2D eigenvalue weighted by Gasteiger charge is 2.22. The van der Waals surface area contributed by atoms with Gasteiger partial charge in [0, 0.05) is 17.7 Å². The van der Waals surface area contributed by atoms with Gasteiger partial charge in [0.15, 0.2) is 5.13 Å². The van der Waals surface area contributed by atoms with Crippen LogP contribution in [0.5, 0.6) is 0 Å². The summed E-state index contributed by atoms with van der Waals surface area (Å²) in [5.74, 6) is 0.231. The molecule has 1 aliphatic rings. The fourth-order valence-electron chi connectivity index (χ4n) is 1.69. The fourth-order valence-corrected chi connectivity index (χ4v) is 2.71. The maximum absolute atomic E-state index is 11.6. The van der Waals surface area contributed by atoms with Crippen molar-refractivity contribution < 1.29 is 14.3 Å². The van der Waals surface area contributed by atoms with Gasteiger partial charge in [-0.3, -0.25) is 10.1 Å². The zero-order valence-electron chi connectivity index (χ0n) is 10.7. The zero-order valence-corrected chi connectivity index (χ0v) is 11.5. The second-order valence-corrected chi connectivity index (χ2v) is 6.31. The Morgan fingerprint density at radius 2 is 2.11 bits per heavy atom. The highest BCUT2D eigenvalue weighted by atomic mass is 32.1. The fraction of sp³-hybridized carbons (Fsp3) is 0.583. The number of nitrogens with zero attached hydrogens (tertiary/aromatic N) is 1. The Kier molecular flexibility index (Phi) is 3.38. The van der Waals surface area contributed by atoms with Crippen LogP contribution in [0, 0.1) is 0 Å². The van der Waals surface area contributed by atoms with Crippen molar-refractivity contribution in [3.05, 3.63) is 10.6 Å². The van der Waals surface area contributed by atoms with Crippen molar-refractivity contribution in [1.82, 2.24) is 4.98 Å². The van der Waals surface area contributed by atoms with Crippen LogP contribution in [0.3, 0.4) is 0 Å². The first-order valence-electron chi connectivity index (χ1n) is 5.84. The summed E-state index contributed by atoms with van der Waals surface area (Å²) in [6.45, 7) is 5.41. The number of nitrogens with one attached hydrogen (secondary N) is 1. The molecule has 0 atom stereocenters. The highest BCUT2D eigenvalue weighted by molar-refractivity contribution is 7.16. The Bertz CT molecular complexity index is 488. The van der Waals surface area contributed by atoms with E-state index in [0.717, 1.165) is 10.6 Å². The molecule has 6 heteroatoms. The number of ether oxygens (including phenoxy) is 1. The highest BCUT2D eigenvalue weighted by Crippen LogP contribution is 2.28. The average molecular weight is 268 g/mol. The van der Waals surface area contributed by atoms with Gasteiger partial charge in [0.1, 0.15) is 11.4 Å². The largest absolute Gasteiger partial charge is 0.444 e. The second-order valence-electron chi connectivity index (χ2n) is 5.23. The Balaban J connectivity index is 2.03. The molecule has 98 valence electrons. The van der Waals surface area contributed by atoms with E-state index < -0.39 is 11.7 Å². The van der Waals surface area contributed by atoms with Crippen molar-refractivity contribution in [2.75, 3.05) is 5.32 Å². The lowest BCUT2D eigenvalue weighted by Crippen LogP contribution is -2.27. The lowest BCUT2D eigenvalue weighted by Gasteiger charge is -2.18. The van der Waals surface area contributed by atoms with Gasteiger partial charge < -0.3 is 4.74 Å². The van der Waals surface area contributed by atoms with Gasteiger partial charge in [-0.05, 0) is 27.2 Å². The number of hydrogen-bond acceptors (Lipinski definition) is 5. The maximum atomic E-state index is 11.6. The smallest absolute Gasteiger partial charge is 0.413 e. The van der Waals surface area contributed by atoms with Gasteiger partial charge in [0.25, 0.3) is 0 Å². The third-order valence-electron chi connectivity index (χ3n) is 2.38. The van der Waals surface area contributed by atoms with Gasteiger partial charge in [-0.1, -0.05) is 0 Å². The normalized spacial score (nSPS) is 15.2.